The van der Waals surface area contributed by atoms with Gasteiger partial charge >= 0.3 is 10.0 Å². The van der Waals surface area contributed by atoms with Gasteiger partial charge in [0.05, 0.1) is 13.1 Å². The normalized spacial score (nSPS) is 15.6. The number of hydrogen-bond donors (Lipinski definition) is 1. The highest BCUT2D eigenvalue weighted by Gasteiger charge is 2.48. The monoisotopic (exact) mass is 537 g/mol. The second-order valence-electron chi connectivity index (χ2n) is 9.31. The number of carbonyl (C=O) groups is 2. The van der Waals surface area contributed by atoms with Crippen LogP contribution in [0.5, 0.6) is 0 Å². The van der Waals surface area contributed by atoms with E-state index >= 15 is 0 Å². The number of rotatable bonds is 6. The van der Waals surface area contributed by atoms with E-state index in [1.807, 2.05) is 24.3 Å². The maximum Gasteiger partial charge on any atom is 0.343 e. The van der Waals surface area contributed by atoms with Crippen molar-refractivity contribution >= 4 is 44.2 Å². The zero-order chi connectivity index (χ0) is 26.2. The molecule has 0 atom stereocenters. The van der Waals surface area contributed by atoms with E-state index in [-0.39, 0.29) is 49.4 Å². The Balaban J connectivity index is 1.37. The van der Waals surface area contributed by atoms with Crippen molar-refractivity contribution in [2.24, 2.45) is 0 Å². The van der Waals surface area contributed by atoms with Crippen molar-refractivity contribution < 1.29 is 21.9 Å². The van der Waals surface area contributed by atoms with E-state index in [2.05, 4.69) is 9.97 Å². The topological polar surface area (TPSA) is 100 Å². The van der Waals surface area contributed by atoms with Gasteiger partial charge in [0.2, 0.25) is 0 Å². The number of H-pyrrole nitrogens is 1. The van der Waals surface area contributed by atoms with Crippen molar-refractivity contribution in [2.75, 3.05) is 32.7 Å². The number of fused-ring (bicyclic) bond motifs is 1. The number of aromatic amines is 1. The second-order valence-corrected chi connectivity index (χ2v) is 11.9. The molecule has 10 heteroatoms. The van der Waals surface area contributed by atoms with Gasteiger partial charge in [-0.05, 0) is 59.7 Å². The molecule has 1 aliphatic rings. The van der Waals surface area contributed by atoms with Gasteiger partial charge in [-0.3, -0.25) is 14.6 Å². The SMILES string of the molecule is CC(=O)C[N+]1(S(=O)(=O)c2cc3cc(Cl)ccc3[nH]2)CCN(C(=O)c2ccc(-c3ccncc3)cc2)CC1. The third kappa shape index (κ3) is 4.77. The summed E-state index contributed by atoms with van der Waals surface area (Å²) in [6.07, 6.45) is 3.43. The molecule has 37 heavy (non-hydrogen) atoms. The van der Waals surface area contributed by atoms with Gasteiger partial charge in [-0.25, -0.2) is 3.89 Å². The molecule has 0 radical (unpaired) electrons. The number of nitrogens with one attached hydrogen (secondary N) is 1. The lowest BCUT2D eigenvalue weighted by Crippen LogP contribution is -2.64. The first-order valence-corrected chi connectivity index (χ1v) is 13.7. The number of carbonyl (C=O) groups excluding carboxylic acids is 2. The Morgan fingerprint density at radius 1 is 0.973 bits per heavy atom. The average Bonchev–Trinajstić information content (AvgIpc) is 3.33. The fourth-order valence-corrected chi connectivity index (χ4v) is 6.99. The molecule has 1 aliphatic heterocycles. The van der Waals surface area contributed by atoms with Crippen LogP contribution in [0.2, 0.25) is 5.02 Å². The summed E-state index contributed by atoms with van der Waals surface area (Å²) in [6, 6.07) is 17.8. The second kappa shape index (κ2) is 9.74. The summed E-state index contributed by atoms with van der Waals surface area (Å²) in [5.41, 5.74) is 3.15. The number of aromatic nitrogens is 2. The van der Waals surface area contributed by atoms with Crippen molar-refractivity contribution in [3.8, 4) is 11.1 Å². The Labute approximate surface area is 220 Å². The Bertz CT molecular complexity index is 1580. The number of benzene rings is 2. The lowest BCUT2D eigenvalue weighted by molar-refractivity contribution is -0.803. The molecule has 0 saturated carbocycles. The van der Waals surface area contributed by atoms with E-state index in [1.165, 1.54) is 6.92 Å². The number of ketones is 1. The molecular weight excluding hydrogens is 512 g/mol. The lowest BCUT2D eigenvalue weighted by Gasteiger charge is -2.42. The van der Waals surface area contributed by atoms with Gasteiger partial charge in [0.15, 0.2) is 17.4 Å². The highest BCUT2D eigenvalue weighted by atomic mass is 35.5. The number of nitrogens with zero attached hydrogens (tertiary/aromatic N) is 3. The highest BCUT2D eigenvalue weighted by Crippen LogP contribution is 2.30. The number of quaternary nitrogens is 1. The maximum atomic E-state index is 13.9. The van der Waals surface area contributed by atoms with Crippen molar-refractivity contribution in [2.45, 2.75) is 11.9 Å². The molecule has 1 amide bonds. The van der Waals surface area contributed by atoms with E-state index in [1.54, 1.807) is 53.7 Å². The van der Waals surface area contributed by atoms with Crippen LogP contribution in [0.15, 0.2) is 78.1 Å². The van der Waals surface area contributed by atoms with E-state index < -0.39 is 13.9 Å². The molecule has 2 aromatic heterocycles. The smallest absolute Gasteiger partial charge is 0.341 e. The average molecular weight is 538 g/mol. The molecule has 1 N–H and O–H groups in total. The molecule has 0 aliphatic carbocycles. The fraction of sp³-hybridized carbons (Fsp3) is 0.222. The minimum Gasteiger partial charge on any atom is -0.341 e. The minimum atomic E-state index is -3.97. The summed E-state index contributed by atoms with van der Waals surface area (Å²) < 4.78 is 27.3. The maximum absolute atomic E-state index is 13.9. The van der Waals surface area contributed by atoms with E-state index in [4.69, 9.17) is 11.6 Å². The third-order valence-corrected chi connectivity index (χ3v) is 9.37. The Hall–Kier alpha value is -3.53. The molecule has 1 saturated heterocycles. The molecular formula is C27H26ClN4O4S+. The molecule has 0 bridgehead atoms. The fourth-order valence-electron chi connectivity index (χ4n) is 4.88. The predicted octanol–water partition coefficient (Wildman–Crippen LogP) is 4.13. The van der Waals surface area contributed by atoms with Crippen LogP contribution in [0.25, 0.3) is 22.0 Å². The van der Waals surface area contributed by atoms with E-state index in [9.17, 15) is 18.0 Å². The molecule has 4 aromatic rings. The number of halogens is 1. The number of hydrogen-bond acceptors (Lipinski definition) is 5. The molecule has 3 heterocycles. The van der Waals surface area contributed by atoms with Crippen LogP contribution in [-0.4, -0.2) is 71.6 Å². The summed E-state index contributed by atoms with van der Waals surface area (Å²) in [5.74, 6) is -0.395. The first-order valence-electron chi connectivity index (χ1n) is 11.9. The molecule has 0 unspecified atom stereocenters. The quantitative estimate of drug-likeness (QED) is 0.373. The van der Waals surface area contributed by atoms with Crippen LogP contribution in [0.3, 0.4) is 0 Å². The van der Waals surface area contributed by atoms with Crippen molar-refractivity contribution in [3.63, 3.8) is 0 Å². The van der Waals surface area contributed by atoms with Crippen LogP contribution in [0, 0.1) is 0 Å². The van der Waals surface area contributed by atoms with Crippen LogP contribution < -0.4 is 0 Å². The lowest BCUT2D eigenvalue weighted by atomic mass is 10.0. The Morgan fingerprint density at radius 2 is 1.62 bits per heavy atom. The van der Waals surface area contributed by atoms with Gasteiger partial charge in [-0.2, -0.15) is 8.42 Å². The number of pyridine rings is 1. The van der Waals surface area contributed by atoms with Crippen LogP contribution in [0.4, 0.5) is 0 Å². The standard InChI is InChI=1S/C27H26ClN4O4S/c1-19(33)18-32(37(35,36)26-17-23-16-24(28)6-7-25(23)30-26)14-12-31(13-15-32)27(34)22-4-2-20(3-5-22)21-8-10-29-11-9-21/h2-11,16-17,30H,12-15,18H2,1H3/q+1. The molecule has 2 aromatic carbocycles. The first kappa shape index (κ1) is 25.1. The van der Waals surface area contributed by atoms with Crippen LogP contribution in [-0.2, 0) is 14.8 Å². The molecule has 0 spiro atoms. The molecule has 190 valence electrons. The van der Waals surface area contributed by atoms with Crippen molar-refractivity contribution in [1.29, 1.82) is 0 Å². The molecule has 5 rings (SSSR count). The van der Waals surface area contributed by atoms with E-state index in [0.717, 1.165) is 11.1 Å². The zero-order valence-electron chi connectivity index (χ0n) is 20.2. The third-order valence-electron chi connectivity index (χ3n) is 6.84. The van der Waals surface area contributed by atoms with E-state index in [0.29, 0.717) is 21.5 Å². The summed E-state index contributed by atoms with van der Waals surface area (Å²) in [4.78, 5) is 34.1. The van der Waals surface area contributed by atoms with Gasteiger partial charge in [0.25, 0.3) is 5.91 Å². The van der Waals surface area contributed by atoms with Crippen molar-refractivity contribution in [3.05, 3.63) is 83.6 Å². The number of amides is 1. The summed E-state index contributed by atoms with van der Waals surface area (Å²) in [6.45, 7) is 1.87. The van der Waals surface area contributed by atoms with Gasteiger partial charge in [-0.15, -0.1) is 0 Å². The largest absolute Gasteiger partial charge is 0.343 e. The summed E-state index contributed by atoms with van der Waals surface area (Å²) in [7, 11) is -3.97. The summed E-state index contributed by atoms with van der Waals surface area (Å²) >= 11 is 6.07. The number of Topliss-reactive ketones (excluding diaryl/α,β-unsaturated/α-hetero) is 1. The van der Waals surface area contributed by atoms with Gasteiger partial charge in [-0.1, -0.05) is 23.7 Å². The first-order chi connectivity index (χ1) is 17.7. The molecule has 8 nitrogen and oxygen atoms in total. The zero-order valence-corrected chi connectivity index (χ0v) is 21.8. The number of sulfonamides is 1. The number of piperazine rings is 1. The van der Waals surface area contributed by atoms with Gasteiger partial charge in [0.1, 0.15) is 13.1 Å². The predicted molar refractivity (Wildman–Crippen MR) is 142 cm³/mol. The van der Waals surface area contributed by atoms with Crippen LogP contribution in [0.1, 0.15) is 17.3 Å². The minimum absolute atomic E-state index is 0.0393. The summed E-state index contributed by atoms with van der Waals surface area (Å²) in [5, 5.41) is 1.22. The van der Waals surface area contributed by atoms with Crippen LogP contribution >= 0.6 is 11.6 Å². The Morgan fingerprint density at radius 3 is 2.27 bits per heavy atom. The highest BCUT2D eigenvalue weighted by molar-refractivity contribution is 7.85. The molecule has 1 fully saturated rings. The Kier molecular flexibility index (Phi) is 6.61. The van der Waals surface area contributed by atoms with Crippen molar-refractivity contribution in [1.82, 2.24) is 14.9 Å². The van der Waals surface area contributed by atoms with Gasteiger partial charge in [0, 0.05) is 40.8 Å². The van der Waals surface area contributed by atoms with Gasteiger partial charge < -0.3 is 9.88 Å².